The Labute approximate surface area is 102 Å². The molecule has 2 rings (SSSR count). The van der Waals surface area contributed by atoms with E-state index in [-0.39, 0.29) is 16.5 Å². The van der Waals surface area contributed by atoms with E-state index < -0.39 is 28.0 Å². The molecule has 2 N–H and O–H groups in total. The van der Waals surface area contributed by atoms with E-state index in [2.05, 4.69) is 4.98 Å². The second-order valence-corrected chi connectivity index (χ2v) is 4.07. The average molecular weight is 279 g/mol. The molecule has 8 heteroatoms. The lowest BCUT2D eigenvalue weighted by Crippen LogP contribution is -2.23. The largest absolute Gasteiger partial charge is 0.417 e. The summed E-state index contributed by atoms with van der Waals surface area (Å²) in [5.74, 6) is 0. The van der Waals surface area contributed by atoms with Crippen LogP contribution in [0, 0.1) is 6.92 Å². The van der Waals surface area contributed by atoms with Gasteiger partial charge >= 0.3 is 11.9 Å². The van der Waals surface area contributed by atoms with Crippen molar-refractivity contribution in [2.24, 2.45) is 0 Å². The van der Waals surface area contributed by atoms with E-state index in [1.54, 1.807) is 0 Å². The number of aromatic nitrogens is 2. The fraction of sp³-hybridized carbons (Fsp3) is 0.200. The fourth-order valence-corrected chi connectivity index (χ4v) is 1.91. The number of aromatic amines is 2. The lowest BCUT2D eigenvalue weighted by atomic mass is 10.1. The Kier molecular flexibility index (Phi) is 2.73. The van der Waals surface area contributed by atoms with E-state index in [9.17, 15) is 22.8 Å². The van der Waals surface area contributed by atoms with Crippen molar-refractivity contribution in [1.29, 1.82) is 0 Å². The molecule has 0 saturated carbocycles. The Morgan fingerprint density at radius 1 is 1.22 bits per heavy atom. The molecule has 0 aliphatic carbocycles. The molecular formula is C10H6ClF3N2O2. The van der Waals surface area contributed by atoms with E-state index in [0.29, 0.717) is 6.07 Å². The third-order valence-electron chi connectivity index (χ3n) is 2.51. The van der Waals surface area contributed by atoms with Crippen LogP contribution in [0.1, 0.15) is 11.1 Å². The van der Waals surface area contributed by atoms with Crippen molar-refractivity contribution in [2.75, 3.05) is 0 Å². The molecule has 4 nitrogen and oxygen atoms in total. The monoisotopic (exact) mass is 278 g/mol. The van der Waals surface area contributed by atoms with Crippen molar-refractivity contribution >= 4 is 22.5 Å². The van der Waals surface area contributed by atoms with Gasteiger partial charge in [-0.3, -0.25) is 9.78 Å². The van der Waals surface area contributed by atoms with E-state index in [1.165, 1.54) is 6.92 Å². The van der Waals surface area contributed by atoms with Gasteiger partial charge in [0.15, 0.2) is 0 Å². The van der Waals surface area contributed by atoms with Gasteiger partial charge in [-0.1, -0.05) is 11.6 Å². The Morgan fingerprint density at radius 3 is 2.39 bits per heavy atom. The Morgan fingerprint density at radius 2 is 1.83 bits per heavy atom. The molecule has 1 aromatic heterocycles. The summed E-state index contributed by atoms with van der Waals surface area (Å²) in [6.45, 7) is 1.30. The molecule has 0 unspecified atom stereocenters. The smallest absolute Gasteiger partial charge is 0.307 e. The topological polar surface area (TPSA) is 65.7 Å². The molecule has 0 aliphatic rings. The number of halogens is 4. The first-order valence-electron chi connectivity index (χ1n) is 4.74. The molecule has 0 bridgehead atoms. The van der Waals surface area contributed by atoms with E-state index >= 15 is 0 Å². The lowest BCUT2D eigenvalue weighted by Gasteiger charge is -2.12. The first-order chi connectivity index (χ1) is 8.21. The highest BCUT2D eigenvalue weighted by Crippen LogP contribution is 2.38. The maximum atomic E-state index is 12.7. The maximum absolute atomic E-state index is 12.7. The number of nitrogens with one attached hydrogen (secondary N) is 2. The summed E-state index contributed by atoms with van der Waals surface area (Å²) >= 11 is 5.61. The summed E-state index contributed by atoms with van der Waals surface area (Å²) in [5, 5.41) is -0.792. The van der Waals surface area contributed by atoms with Crippen molar-refractivity contribution in [1.82, 2.24) is 9.97 Å². The third kappa shape index (κ3) is 1.90. The second-order valence-electron chi connectivity index (χ2n) is 3.69. The molecule has 0 aliphatic heterocycles. The van der Waals surface area contributed by atoms with Gasteiger partial charge in [0, 0.05) is 0 Å². The average Bonchev–Trinajstić information content (AvgIpc) is 2.22. The third-order valence-corrected chi connectivity index (χ3v) is 3.00. The number of rotatable bonds is 0. The van der Waals surface area contributed by atoms with Gasteiger partial charge in [0.25, 0.3) is 5.56 Å². The minimum absolute atomic E-state index is 0.00162. The van der Waals surface area contributed by atoms with Crippen LogP contribution in [-0.4, -0.2) is 9.97 Å². The molecule has 0 atom stereocenters. The van der Waals surface area contributed by atoms with Crippen LogP contribution in [0.15, 0.2) is 15.7 Å². The van der Waals surface area contributed by atoms with Crippen molar-refractivity contribution in [3.8, 4) is 0 Å². The highest BCUT2D eigenvalue weighted by molar-refractivity contribution is 6.33. The highest BCUT2D eigenvalue weighted by Gasteiger charge is 2.34. The minimum Gasteiger partial charge on any atom is -0.307 e. The number of alkyl halides is 3. The predicted octanol–water partition coefficient (Wildman–Crippen LogP) is 2.20. The molecule has 0 fully saturated rings. The number of aryl methyl sites for hydroxylation is 1. The molecule has 96 valence electrons. The van der Waals surface area contributed by atoms with Crippen LogP contribution in [0.25, 0.3) is 10.9 Å². The summed E-state index contributed by atoms with van der Waals surface area (Å²) in [6, 6.07) is 0.624. The van der Waals surface area contributed by atoms with Crippen molar-refractivity contribution < 1.29 is 13.2 Å². The standard InChI is InChI=1S/C10H6ClF3N2O2/c1-3-6(11)5(10(12,13)14)2-4-7(3)15-9(18)16-8(4)17/h2H,1H3,(H2,15,16,17,18). The van der Waals surface area contributed by atoms with Crippen molar-refractivity contribution in [3.05, 3.63) is 43.1 Å². The molecule has 0 radical (unpaired) electrons. The molecule has 1 heterocycles. The van der Waals surface area contributed by atoms with Crippen LogP contribution in [-0.2, 0) is 6.18 Å². The molecule has 0 saturated heterocycles. The molecular weight excluding hydrogens is 273 g/mol. The summed E-state index contributed by atoms with van der Waals surface area (Å²) < 4.78 is 38.1. The van der Waals surface area contributed by atoms with Crippen LogP contribution < -0.4 is 11.2 Å². The molecule has 0 spiro atoms. The van der Waals surface area contributed by atoms with E-state index in [1.807, 2.05) is 4.98 Å². The van der Waals surface area contributed by atoms with Gasteiger partial charge in [0.1, 0.15) is 0 Å². The second kappa shape index (κ2) is 3.88. The molecule has 18 heavy (non-hydrogen) atoms. The van der Waals surface area contributed by atoms with E-state index in [0.717, 1.165) is 0 Å². The van der Waals surface area contributed by atoms with Crippen LogP contribution in [0.3, 0.4) is 0 Å². The van der Waals surface area contributed by atoms with E-state index in [4.69, 9.17) is 11.6 Å². The van der Waals surface area contributed by atoms with Gasteiger partial charge in [-0.2, -0.15) is 13.2 Å². The van der Waals surface area contributed by atoms with Gasteiger partial charge < -0.3 is 4.98 Å². The summed E-state index contributed by atoms with van der Waals surface area (Å²) in [5.41, 5.74) is -2.79. The molecule has 2 aromatic rings. The SMILES string of the molecule is Cc1c(Cl)c(C(F)(F)F)cc2c(=O)[nH]c(=O)[nH]c12. The molecule has 0 amide bonds. The number of H-pyrrole nitrogens is 2. The first-order valence-corrected chi connectivity index (χ1v) is 5.12. The maximum Gasteiger partial charge on any atom is 0.417 e. The van der Waals surface area contributed by atoms with Gasteiger partial charge in [-0.05, 0) is 18.6 Å². The molecule has 1 aromatic carbocycles. The van der Waals surface area contributed by atoms with Crippen LogP contribution >= 0.6 is 11.6 Å². The Bertz CT molecular complexity index is 746. The summed E-state index contributed by atoms with van der Waals surface area (Å²) in [7, 11) is 0. The predicted molar refractivity (Wildman–Crippen MR) is 59.9 cm³/mol. The van der Waals surface area contributed by atoms with Crippen molar-refractivity contribution in [2.45, 2.75) is 13.1 Å². The Balaban J connectivity index is 3.02. The lowest BCUT2D eigenvalue weighted by molar-refractivity contribution is -0.137. The zero-order chi connectivity index (χ0) is 13.7. The number of benzene rings is 1. The van der Waals surface area contributed by atoms with Crippen molar-refractivity contribution in [3.63, 3.8) is 0 Å². The number of hydrogen-bond acceptors (Lipinski definition) is 2. The van der Waals surface area contributed by atoms with Crippen LogP contribution in [0.4, 0.5) is 13.2 Å². The fourth-order valence-electron chi connectivity index (χ4n) is 1.66. The van der Waals surface area contributed by atoms with Crippen LogP contribution in [0.2, 0.25) is 5.02 Å². The quantitative estimate of drug-likeness (QED) is 0.776. The minimum atomic E-state index is -4.67. The van der Waals surface area contributed by atoms with Gasteiger partial charge in [0.05, 0.1) is 21.5 Å². The normalized spacial score (nSPS) is 12.1. The van der Waals surface area contributed by atoms with Crippen LogP contribution in [0.5, 0.6) is 0 Å². The van der Waals surface area contributed by atoms with Gasteiger partial charge in [0.2, 0.25) is 0 Å². The van der Waals surface area contributed by atoms with Gasteiger partial charge in [-0.15, -0.1) is 0 Å². The Hall–Kier alpha value is -1.76. The van der Waals surface area contributed by atoms with Gasteiger partial charge in [-0.25, -0.2) is 4.79 Å². The summed E-state index contributed by atoms with van der Waals surface area (Å²) in [4.78, 5) is 26.6. The number of hydrogen-bond donors (Lipinski definition) is 2. The highest BCUT2D eigenvalue weighted by atomic mass is 35.5. The zero-order valence-corrected chi connectivity index (χ0v) is 9.66. The number of fused-ring (bicyclic) bond motifs is 1. The summed E-state index contributed by atoms with van der Waals surface area (Å²) in [6.07, 6.45) is -4.67. The zero-order valence-electron chi connectivity index (χ0n) is 8.91. The first kappa shape index (κ1) is 12.7.